The standard InChI is InChI=1S/C22H25ClN6O2S/c1-13-20(25)22(12-31-13)5-7-29(8-6-22)17-9-27-18(10-26-17)32-15-4-2-3-14(19(15)23)21-28-16(24)11-30-21/h2-4,9-11,13,20H,5-8,12,24-25H2,1H3/t13-,20+/m0/s1. The summed E-state index contributed by atoms with van der Waals surface area (Å²) in [5.41, 5.74) is 12.9. The van der Waals surface area contributed by atoms with E-state index in [1.54, 1.807) is 6.20 Å². The highest BCUT2D eigenvalue weighted by atomic mass is 35.5. The van der Waals surface area contributed by atoms with Crippen LogP contribution in [0.2, 0.25) is 5.02 Å². The molecule has 32 heavy (non-hydrogen) atoms. The third-order valence-electron chi connectivity index (χ3n) is 6.47. The van der Waals surface area contributed by atoms with Crippen molar-refractivity contribution in [2.45, 2.75) is 41.8 Å². The van der Waals surface area contributed by atoms with Crippen molar-refractivity contribution in [1.82, 2.24) is 15.0 Å². The summed E-state index contributed by atoms with van der Waals surface area (Å²) in [5.74, 6) is 1.58. The Bertz CT molecular complexity index is 1100. The molecule has 10 heteroatoms. The van der Waals surface area contributed by atoms with Gasteiger partial charge in [0, 0.05) is 29.4 Å². The van der Waals surface area contributed by atoms with Gasteiger partial charge in [-0.2, -0.15) is 4.98 Å². The molecule has 2 aliphatic heterocycles. The van der Waals surface area contributed by atoms with Crippen molar-refractivity contribution >= 4 is 35.0 Å². The van der Waals surface area contributed by atoms with E-state index in [9.17, 15) is 0 Å². The molecule has 2 saturated heterocycles. The number of anilines is 2. The van der Waals surface area contributed by atoms with Crippen LogP contribution < -0.4 is 16.4 Å². The van der Waals surface area contributed by atoms with Crippen molar-refractivity contribution < 1.29 is 9.15 Å². The summed E-state index contributed by atoms with van der Waals surface area (Å²) < 4.78 is 11.2. The van der Waals surface area contributed by atoms with Gasteiger partial charge in [-0.1, -0.05) is 29.4 Å². The lowest BCUT2D eigenvalue weighted by Crippen LogP contribution is -2.50. The summed E-state index contributed by atoms with van der Waals surface area (Å²) in [7, 11) is 0. The van der Waals surface area contributed by atoms with Gasteiger partial charge in [0.1, 0.15) is 17.1 Å². The molecule has 0 amide bonds. The van der Waals surface area contributed by atoms with Gasteiger partial charge in [-0.25, -0.2) is 9.97 Å². The molecular formula is C22H25ClN6O2S. The minimum atomic E-state index is 0.0917. The molecule has 1 spiro atoms. The van der Waals surface area contributed by atoms with Gasteiger partial charge in [-0.3, -0.25) is 0 Å². The normalized spacial score (nSPS) is 22.5. The second-order valence-electron chi connectivity index (χ2n) is 8.40. The van der Waals surface area contributed by atoms with Gasteiger partial charge >= 0.3 is 0 Å². The molecule has 0 radical (unpaired) electrons. The molecule has 4 heterocycles. The smallest absolute Gasteiger partial charge is 0.229 e. The lowest BCUT2D eigenvalue weighted by Gasteiger charge is -2.41. The van der Waals surface area contributed by atoms with Crippen molar-refractivity contribution in [2.75, 3.05) is 30.3 Å². The van der Waals surface area contributed by atoms with Crippen molar-refractivity contribution in [3.8, 4) is 11.5 Å². The molecule has 3 aromatic rings. The lowest BCUT2D eigenvalue weighted by atomic mass is 9.73. The quantitative estimate of drug-likeness (QED) is 0.583. The molecule has 5 rings (SSSR count). The number of hydrogen-bond donors (Lipinski definition) is 2. The fourth-order valence-electron chi connectivity index (χ4n) is 4.46. The van der Waals surface area contributed by atoms with Gasteiger partial charge in [0.05, 0.1) is 35.7 Å². The number of benzene rings is 1. The lowest BCUT2D eigenvalue weighted by molar-refractivity contribution is 0.0974. The zero-order chi connectivity index (χ0) is 22.3. The summed E-state index contributed by atoms with van der Waals surface area (Å²) in [6.07, 6.45) is 7.13. The molecule has 4 N–H and O–H groups in total. The summed E-state index contributed by atoms with van der Waals surface area (Å²) in [6.45, 7) is 4.62. The zero-order valence-electron chi connectivity index (χ0n) is 17.7. The van der Waals surface area contributed by atoms with Crippen molar-refractivity contribution in [2.24, 2.45) is 11.1 Å². The largest absolute Gasteiger partial charge is 0.442 e. The number of halogens is 1. The van der Waals surface area contributed by atoms with Crippen LogP contribution in [0.15, 0.2) is 51.2 Å². The van der Waals surface area contributed by atoms with Crippen molar-refractivity contribution in [3.63, 3.8) is 0 Å². The van der Waals surface area contributed by atoms with Crippen LogP contribution in [0.4, 0.5) is 11.6 Å². The number of nitrogen functional groups attached to an aromatic ring is 1. The number of aromatic nitrogens is 3. The molecule has 1 aromatic carbocycles. The SMILES string of the molecule is C[C@@H]1OCC2(CCN(c3cnc(Sc4cccc(-c5nc(N)co5)c4Cl)cn3)CC2)[C@@H]1N. The van der Waals surface area contributed by atoms with E-state index in [1.165, 1.54) is 18.0 Å². The fraction of sp³-hybridized carbons (Fsp3) is 0.409. The predicted molar refractivity (Wildman–Crippen MR) is 125 cm³/mol. The Labute approximate surface area is 195 Å². The van der Waals surface area contributed by atoms with E-state index in [1.807, 2.05) is 24.4 Å². The summed E-state index contributed by atoms with van der Waals surface area (Å²) in [5, 5.41) is 1.30. The van der Waals surface area contributed by atoms with Crippen LogP contribution in [0, 0.1) is 5.41 Å². The molecule has 168 valence electrons. The van der Waals surface area contributed by atoms with Crippen molar-refractivity contribution in [3.05, 3.63) is 41.9 Å². The number of hydrogen-bond acceptors (Lipinski definition) is 9. The average Bonchev–Trinajstić information content (AvgIpc) is 3.35. The topological polar surface area (TPSA) is 116 Å². The Morgan fingerprint density at radius 2 is 2.03 bits per heavy atom. The van der Waals surface area contributed by atoms with E-state index in [2.05, 4.69) is 26.8 Å². The summed E-state index contributed by atoms with van der Waals surface area (Å²) in [4.78, 5) is 16.5. The van der Waals surface area contributed by atoms with Gasteiger partial charge in [0.25, 0.3) is 0 Å². The molecule has 2 aromatic heterocycles. The Balaban J connectivity index is 1.26. The Morgan fingerprint density at radius 1 is 1.22 bits per heavy atom. The predicted octanol–water partition coefficient (Wildman–Crippen LogP) is 3.85. The highest BCUT2D eigenvalue weighted by molar-refractivity contribution is 7.99. The van der Waals surface area contributed by atoms with Crippen LogP contribution in [0.25, 0.3) is 11.5 Å². The van der Waals surface area contributed by atoms with Gasteiger partial charge in [0.15, 0.2) is 5.82 Å². The Morgan fingerprint density at radius 3 is 2.66 bits per heavy atom. The third kappa shape index (κ3) is 3.94. The first-order chi connectivity index (χ1) is 15.4. The molecule has 8 nitrogen and oxygen atoms in total. The average molecular weight is 473 g/mol. The zero-order valence-corrected chi connectivity index (χ0v) is 19.3. The minimum Gasteiger partial charge on any atom is -0.442 e. The van der Waals surface area contributed by atoms with Gasteiger partial charge in [0.2, 0.25) is 5.89 Å². The van der Waals surface area contributed by atoms with Crippen LogP contribution in [0.1, 0.15) is 19.8 Å². The van der Waals surface area contributed by atoms with E-state index in [0.717, 1.165) is 48.3 Å². The number of rotatable bonds is 4. The van der Waals surface area contributed by atoms with Crippen LogP contribution in [0.3, 0.4) is 0 Å². The first-order valence-electron chi connectivity index (χ1n) is 10.6. The third-order valence-corrected chi connectivity index (χ3v) is 7.97. The van der Waals surface area contributed by atoms with Crippen molar-refractivity contribution in [1.29, 1.82) is 0 Å². The van der Waals surface area contributed by atoms with E-state index in [0.29, 0.717) is 22.3 Å². The fourth-order valence-corrected chi connectivity index (χ4v) is 5.56. The van der Waals surface area contributed by atoms with Crippen LogP contribution in [-0.4, -0.2) is 46.8 Å². The summed E-state index contributed by atoms with van der Waals surface area (Å²) in [6, 6.07) is 5.77. The molecule has 0 saturated carbocycles. The number of piperidine rings is 1. The van der Waals surface area contributed by atoms with Gasteiger partial charge < -0.3 is 25.5 Å². The van der Waals surface area contributed by atoms with Crippen LogP contribution >= 0.6 is 23.4 Å². The highest BCUT2D eigenvalue weighted by Gasteiger charge is 2.47. The number of nitrogens with zero attached hydrogens (tertiary/aromatic N) is 4. The number of oxazole rings is 1. The number of ether oxygens (including phenoxy) is 1. The molecular weight excluding hydrogens is 448 g/mol. The molecule has 0 unspecified atom stereocenters. The van der Waals surface area contributed by atoms with E-state index >= 15 is 0 Å². The van der Waals surface area contributed by atoms with Crippen LogP contribution in [-0.2, 0) is 4.74 Å². The maximum absolute atomic E-state index is 6.60. The van der Waals surface area contributed by atoms with E-state index < -0.39 is 0 Å². The maximum atomic E-state index is 6.60. The van der Waals surface area contributed by atoms with Gasteiger partial charge in [-0.15, -0.1) is 0 Å². The highest BCUT2D eigenvalue weighted by Crippen LogP contribution is 2.42. The molecule has 0 aliphatic carbocycles. The van der Waals surface area contributed by atoms with E-state index in [-0.39, 0.29) is 17.6 Å². The maximum Gasteiger partial charge on any atom is 0.229 e. The Kier molecular flexibility index (Phi) is 5.75. The second kappa shape index (κ2) is 8.55. The number of nitrogens with two attached hydrogens (primary N) is 2. The first-order valence-corrected chi connectivity index (χ1v) is 11.8. The van der Waals surface area contributed by atoms with Gasteiger partial charge in [-0.05, 0) is 31.9 Å². The molecule has 2 fully saturated rings. The Hall–Kier alpha value is -2.33. The molecule has 2 atom stereocenters. The molecule has 2 aliphatic rings. The summed E-state index contributed by atoms with van der Waals surface area (Å²) >= 11 is 8.04. The second-order valence-corrected chi connectivity index (χ2v) is 9.84. The molecule has 0 bridgehead atoms. The first kappa shape index (κ1) is 21.5. The minimum absolute atomic E-state index is 0.0917. The van der Waals surface area contributed by atoms with Crippen LogP contribution in [0.5, 0.6) is 0 Å². The van der Waals surface area contributed by atoms with E-state index in [4.69, 9.17) is 32.2 Å². The monoisotopic (exact) mass is 472 g/mol.